The fraction of sp³-hybridized carbons (Fsp3) is 0.524. The fourth-order valence-electron chi connectivity index (χ4n) is 4.86. The Bertz CT molecular complexity index is 1220. The molecule has 0 bridgehead atoms. The van der Waals surface area contributed by atoms with Crippen LogP contribution < -0.4 is 9.62 Å². The fourth-order valence-corrected chi connectivity index (χ4v) is 5.61. The number of halogens is 3. The van der Waals surface area contributed by atoms with Crippen molar-refractivity contribution in [3.05, 3.63) is 40.3 Å². The molecule has 1 aliphatic heterocycles. The highest BCUT2D eigenvalue weighted by Gasteiger charge is 2.45. The van der Waals surface area contributed by atoms with Crippen LogP contribution in [-0.2, 0) is 28.8 Å². The molecule has 2 N–H and O–H groups in total. The third-order valence-electron chi connectivity index (χ3n) is 6.62. The normalized spacial score (nSPS) is 26.1. The number of aromatic nitrogens is 2. The molecule has 0 amide bonds. The Morgan fingerprint density at radius 2 is 2.00 bits per heavy atom. The van der Waals surface area contributed by atoms with Crippen LogP contribution in [0.25, 0.3) is 11.3 Å². The first-order chi connectivity index (χ1) is 14.9. The highest BCUT2D eigenvalue weighted by Crippen LogP contribution is 2.46. The zero-order valence-corrected chi connectivity index (χ0v) is 18.4. The van der Waals surface area contributed by atoms with Crippen LogP contribution in [0, 0.1) is 5.82 Å². The Morgan fingerprint density at radius 1 is 1.25 bits per heavy atom. The van der Waals surface area contributed by atoms with Gasteiger partial charge in [0.05, 0.1) is 30.1 Å². The average molecular weight is 469 g/mol. The van der Waals surface area contributed by atoms with Crippen molar-refractivity contribution in [3.8, 4) is 11.3 Å². The summed E-state index contributed by atoms with van der Waals surface area (Å²) in [6.45, 7) is 1.99. The summed E-state index contributed by atoms with van der Waals surface area (Å²) in [5, 5.41) is 9.83. The number of aryl methyl sites for hydroxylation is 1. The third kappa shape index (κ3) is 3.46. The Morgan fingerprint density at radius 3 is 2.66 bits per heavy atom. The van der Waals surface area contributed by atoms with E-state index in [1.54, 1.807) is 17.9 Å². The van der Waals surface area contributed by atoms with Crippen molar-refractivity contribution in [2.24, 2.45) is 0 Å². The van der Waals surface area contributed by atoms with E-state index in [0.717, 1.165) is 6.26 Å². The number of aliphatic hydroxyl groups excluding tert-OH is 1. The van der Waals surface area contributed by atoms with E-state index in [9.17, 15) is 22.3 Å². The van der Waals surface area contributed by atoms with E-state index < -0.39 is 33.9 Å². The van der Waals surface area contributed by atoms with Gasteiger partial charge >= 0.3 is 0 Å². The number of sulfonamides is 1. The molecule has 2 aliphatic carbocycles. The zero-order chi connectivity index (χ0) is 23.0. The van der Waals surface area contributed by atoms with E-state index in [4.69, 9.17) is 0 Å². The number of nitrogens with zero attached hydrogens (tertiary/aromatic N) is 3. The van der Waals surface area contributed by atoms with Gasteiger partial charge in [-0.05, 0) is 43.9 Å². The van der Waals surface area contributed by atoms with Gasteiger partial charge in [-0.25, -0.2) is 27.5 Å². The molecule has 3 aliphatic rings. The van der Waals surface area contributed by atoms with Crippen molar-refractivity contribution >= 4 is 16.0 Å². The minimum absolute atomic E-state index is 0.0765. The molecule has 2 heterocycles. The topological polar surface area (TPSA) is 95.4 Å². The third-order valence-corrected chi connectivity index (χ3v) is 7.33. The summed E-state index contributed by atoms with van der Waals surface area (Å²) in [5.74, 6) is -3.60. The molecule has 7 nitrogen and oxygen atoms in total. The lowest BCUT2D eigenvalue weighted by atomic mass is 9.98. The van der Waals surface area contributed by atoms with E-state index in [2.05, 4.69) is 14.7 Å². The standard InChI is InChI=1S/C21H23F3N4O3S/c1-10-16(29)9-28(10)20-25-18(13-5-6-21(23,24)19(13)26-20)12-7-11-3-4-15(27-32(2,30)31)17(11)14(22)8-12/h7-8,10,15-16,27,29H,3-6,9H2,1-2H3/t10-,15-,16+/m0/s1. The average Bonchev–Trinajstić information content (AvgIpc) is 3.24. The van der Waals surface area contributed by atoms with Gasteiger partial charge in [-0.1, -0.05) is 0 Å². The molecule has 0 radical (unpaired) electrons. The molecule has 0 spiro atoms. The largest absolute Gasteiger partial charge is 0.389 e. The number of hydrogen-bond donors (Lipinski definition) is 2. The Hall–Kier alpha value is -2.24. The highest BCUT2D eigenvalue weighted by molar-refractivity contribution is 7.88. The zero-order valence-electron chi connectivity index (χ0n) is 17.6. The summed E-state index contributed by atoms with van der Waals surface area (Å²) in [5.41, 5.74) is 1.51. The summed E-state index contributed by atoms with van der Waals surface area (Å²) in [6, 6.07) is 1.97. The van der Waals surface area contributed by atoms with Crippen molar-refractivity contribution in [1.29, 1.82) is 0 Å². The van der Waals surface area contributed by atoms with Gasteiger partial charge in [-0.15, -0.1) is 0 Å². The van der Waals surface area contributed by atoms with Crippen molar-refractivity contribution < 1.29 is 26.7 Å². The van der Waals surface area contributed by atoms with E-state index >= 15 is 4.39 Å². The molecule has 1 aromatic heterocycles. The van der Waals surface area contributed by atoms with Crippen molar-refractivity contribution in [1.82, 2.24) is 14.7 Å². The lowest BCUT2D eigenvalue weighted by Gasteiger charge is -2.43. The number of benzene rings is 1. The van der Waals surface area contributed by atoms with Crippen LogP contribution in [0.15, 0.2) is 12.1 Å². The first-order valence-corrected chi connectivity index (χ1v) is 12.4. The van der Waals surface area contributed by atoms with Crippen molar-refractivity contribution in [2.45, 2.75) is 56.7 Å². The molecule has 0 saturated carbocycles. The molecule has 5 rings (SSSR count). The Labute approximate surface area is 183 Å². The van der Waals surface area contributed by atoms with Crippen molar-refractivity contribution in [2.75, 3.05) is 17.7 Å². The molecule has 1 aromatic carbocycles. The summed E-state index contributed by atoms with van der Waals surface area (Å²) in [7, 11) is -3.52. The van der Waals surface area contributed by atoms with Crippen LogP contribution >= 0.6 is 0 Å². The Kier molecular flexibility index (Phi) is 4.81. The second-order valence-electron chi connectivity index (χ2n) is 8.88. The van der Waals surface area contributed by atoms with Gasteiger partial charge in [0.1, 0.15) is 11.5 Å². The molecule has 11 heteroatoms. The monoisotopic (exact) mass is 468 g/mol. The smallest absolute Gasteiger partial charge is 0.290 e. The molecular formula is C21H23F3N4O3S. The van der Waals surface area contributed by atoms with E-state index in [-0.39, 0.29) is 48.3 Å². The first kappa shape index (κ1) is 21.6. The van der Waals surface area contributed by atoms with Crippen LogP contribution in [0.4, 0.5) is 19.1 Å². The van der Waals surface area contributed by atoms with Gasteiger partial charge in [-0.3, -0.25) is 0 Å². The van der Waals surface area contributed by atoms with Crippen LogP contribution in [0.2, 0.25) is 0 Å². The predicted molar refractivity (Wildman–Crippen MR) is 111 cm³/mol. The lowest BCUT2D eigenvalue weighted by Crippen LogP contribution is -2.59. The highest BCUT2D eigenvalue weighted by atomic mass is 32.2. The number of hydrogen-bond acceptors (Lipinski definition) is 6. The van der Waals surface area contributed by atoms with Gasteiger partial charge in [0.25, 0.3) is 5.92 Å². The summed E-state index contributed by atoms with van der Waals surface area (Å²) < 4.78 is 70.0. The maximum absolute atomic E-state index is 15.1. The molecule has 172 valence electrons. The van der Waals surface area contributed by atoms with E-state index in [0.29, 0.717) is 29.5 Å². The van der Waals surface area contributed by atoms with Crippen LogP contribution in [0.3, 0.4) is 0 Å². The number of anilines is 1. The maximum Gasteiger partial charge on any atom is 0.290 e. The van der Waals surface area contributed by atoms with E-state index in [1.807, 2.05) is 0 Å². The van der Waals surface area contributed by atoms with Gasteiger partial charge in [0.2, 0.25) is 16.0 Å². The van der Waals surface area contributed by atoms with Crippen molar-refractivity contribution in [3.63, 3.8) is 0 Å². The first-order valence-electron chi connectivity index (χ1n) is 10.5. The van der Waals surface area contributed by atoms with E-state index in [1.165, 1.54) is 6.07 Å². The minimum Gasteiger partial charge on any atom is -0.389 e. The summed E-state index contributed by atoms with van der Waals surface area (Å²) in [4.78, 5) is 10.3. The number of alkyl halides is 2. The molecule has 1 fully saturated rings. The molecular weight excluding hydrogens is 445 g/mol. The lowest BCUT2D eigenvalue weighted by molar-refractivity contribution is -0.00603. The number of rotatable bonds is 4. The maximum atomic E-state index is 15.1. The van der Waals surface area contributed by atoms with Gasteiger partial charge in [0.15, 0.2) is 0 Å². The van der Waals surface area contributed by atoms with Gasteiger partial charge in [-0.2, -0.15) is 8.78 Å². The number of nitrogens with one attached hydrogen (secondary N) is 1. The quantitative estimate of drug-likeness (QED) is 0.716. The molecule has 3 atom stereocenters. The van der Waals surface area contributed by atoms with Gasteiger partial charge < -0.3 is 10.0 Å². The van der Waals surface area contributed by atoms with Crippen LogP contribution in [0.1, 0.15) is 48.2 Å². The molecule has 1 saturated heterocycles. The number of fused-ring (bicyclic) bond motifs is 2. The second-order valence-corrected chi connectivity index (χ2v) is 10.7. The van der Waals surface area contributed by atoms with Crippen LogP contribution in [0.5, 0.6) is 0 Å². The van der Waals surface area contributed by atoms with Gasteiger partial charge in [0, 0.05) is 29.7 Å². The Balaban J connectivity index is 1.61. The second kappa shape index (κ2) is 7.13. The summed E-state index contributed by atoms with van der Waals surface area (Å²) >= 11 is 0. The molecule has 2 aromatic rings. The molecule has 32 heavy (non-hydrogen) atoms. The molecule has 0 unspecified atom stereocenters. The predicted octanol–water partition coefficient (Wildman–Crippen LogP) is 2.43. The number of aliphatic hydroxyl groups is 1. The minimum atomic E-state index is -3.52. The SMILES string of the molecule is C[C@H]1[C@H](O)CN1c1nc(-c2cc(F)c3c(c2)CC[C@@H]3NS(C)(=O)=O)c2c(n1)C(F)(F)CC2. The number of β-amino-alcohol motifs (C(OH)–C–C–N with tert-alkyl or cyclic N) is 1. The van der Waals surface area contributed by atoms with Crippen LogP contribution in [-0.4, -0.2) is 48.4 Å². The summed E-state index contributed by atoms with van der Waals surface area (Å²) in [6.07, 6.45) is 0.993.